The molecule has 0 aliphatic carbocycles. The Balaban J connectivity index is 2.12. The van der Waals surface area contributed by atoms with Crippen molar-refractivity contribution in [2.45, 2.75) is 31.9 Å². The summed E-state index contributed by atoms with van der Waals surface area (Å²) in [6.45, 7) is 2.98. The molecule has 3 heteroatoms. The van der Waals surface area contributed by atoms with Crippen molar-refractivity contribution in [3.63, 3.8) is 0 Å². The van der Waals surface area contributed by atoms with Crippen LogP contribution in [0.1, 0.15) is 19.8 Å². The van der Waals surface area contributed by atoms with Gasteiger partial charge < -0.3 is 9.64 Å². The van der Waals surface area contributed by atoms with E-state index in [1.165, 1.54) is 0 Å². The molecule has 12 heavy (non-hydrogen) atoms. The fourth-order valence-corrected chi connectivity index (χ4v) is 2.28. The highest BCUT2D eigenvalue weighted by Crippen LogP contribution is 2.35. The Morgan fingerprint density at radius 2 is 2.42 bits per heavy atom. The minimum Gasteiger partial charge on any atom is -0.377 e. The molecule has 68 valence electrons. The summed E-state index contributed by atoms with van der Waals surface area (Å²) in [7, 11) is 1.91. The lowest BCUT2D eigenvalue weighted by Crippen LogP contribution is -2.59. The summed E-state index contributed by atoms with van der Waals surface area (Å²) in [4.78, 5) is 13.3. The van der Waals surface area contributed by atoms with E-state index in [0.29, 0.717) is 18.4 Å². The average Bonchev–Trinajstić information content (AvgIpc) is 2.04. The summed E-state index contributed by atoms with van der Waals surface area (Å²) < 4.78 is 5.34. The summed E-state index contributed by atoms with van der Waals surface area (Å²) in [5.74, 6) is 0.848. The van der Waals surface area contributed by atoms with Crippen LogP contribution in [-0.4, -0.2) is 36.6 Å². The lowest BCUT2D eigenvalue weighted by molar-refractivity contribution is -0.184. The van der Waals surface area contributed by atoms with Crippen LogP contribution >= 0.6 is 0 Å². The van der Waals surface area contributed by atoms with E-state index >= 15 is 0 Å². The van der Waals surface area contributed by atoms with Crippen molar-refractivity contribution < 1.29 is 9.53 Å². The molecular formula is C9H15NO2. The summed E-state index contributed by atoms with van der Waals surface area (Å²) in [6, 6.07) is 0.421. The minimum atomic E-state index is 0.235. The van der Waals surface area contributed by atoms with Gasteiger partial charge in [-0.25, -0.2) is 0 Å². The summed E-state index contributed by atoms with van der Waals surface area (Å²) in [5.41, 5.74) is 0. The number of hydrogen-bond acceptors (Lipinski definition) is 2. The zero-order valence-corrected chi connectivity index (χ0v) is 7.62. The first-order chi connectivity index (χ1) is 5.74. The molecule has 2 fully saturated rings. The molecule has 1 amide bonds. The van der Waals surface area contributed by atoms with E-state index in [0.717, 1.165) is 13.0 Å². The number of ether oxygens (including phenoxy) is 1. The van der Waals surface area contributed by atoms with Crippen LogP contribution in [0.5, 0.6) is 0 Å². The van der Waals surface area contributed by atoms with Gasteiger partial charge >= 0.3 is 0 Å². The normalized spacial score (nSPS) is 40.7. The molecule has 2 saturated heterocycles. The second-order valence-electron chi connectivity index (χ2n) is 3.72. The van der Waals surface area contributed by atoms with Gasteiger partial charge in [0.05, 0.1) is 19.1 Å². The van der Waals surface area contributed by atoms with Crippen LogP contribution < -0.4 is 0 Å². The van der Waals surface area contributed by atoms with Crippen molar-refractivity contribution in [1.82, 2.24) is 4.90 Å². The number of piperidine rings is 1. The van der Waals surface area contributed by atoms with Gasteiger partial charge in [0.25, 0.3) is 0 Å². The van der Waals surface area contributed by atoms with Gasteiger partial charge in [-0.05, 0) is 6.42 Å². The Labute approximate surface area is 72.7 Å². The van der Waals surface area contributed by atoms with Crippen molar-refractivity contribution in [2.24, 2.45) is 5.92 Å². The van der Waals surface area contributed by atoms with Crippen LogP contribution in [-0.2, 0) is 9.53 Å². The molecule has 0 bridgehead atoms. The summed E-state index contributed by atoms with van der Waals surface area (Å²) >= 11 is 0. The molecule has 2 heterocycles. The first-order valence-corrected chi connectivity index (χ1v) is 4.61. The second kappa shape index (κ2) is 2.73. The van der Waals surface area contributed by atoms with E-state index in [9.17, 15) is 4.79 Å². The van der Waals surface area contributed by atoms with E-state index in [1.807, 2.05) is 11.9 Å². The predicted octanol–water partition coefficient (Wildman–Crippen LogP) is 0.642. The van der Waals surface area contributed by atoms with Gasteiger partial charge in [-0.3, -0.25) is 4.79 Å². The van der Waals surface area contributed by atoms with Gasteiger partial charge in [-0.2, -0.15) is 0 Å². The summed E-state index contributed by atoms with van der Waals surface area (Å²) in [6.07, 6.45) is 1.88. The van der Waals surface area contributed by atoms with Gasteiger partial charge in [0.1, 0.15) is 0 Å². The highest BCUT2D eigenvalue weighted by molar-refractivity contribution is 5.78. The van der Waals surface area contributed by atoms with Crippen LogP contribution in [0.2, 0.25) is 0 Å². The molecule has 0 N–H and O–H groups in total. The van der Waals surface area contributed by atoms with E-state index in [-0.39, 0.29) is 12.0 Å². The summed E-state index contributed by atoms with van der Waals surface area (Å²) in [5, 5.41) is 0. The smallest absolute Gasteiger partial charge is 0.225 e. The third-order valence-electron chi connectivity index (χ3n) is 3.16. The molecule has 0 aromatic rings. The third kappa shape index (κ3) is 0.959. The van der Waals surface area contributed by atoms with Crippen molar-refractivity contribution in [1.29, 1.82) is 0 Å². The molecule has 0 aromatic heterocycles. The Morgan fingerprint density at radius 3 is 2.92 bits per heavy atom. The first-order valence-electron chi connectivity index (χ1n) is 4.61. The number of nitrogens with zero attached hydrogens (tertiary/aromatic N) is 1. The van der Waals surface area contributed by atoms with Crippen molar-refractivity contribution in [2.75, 3.05) is 13.7 Å². The Bertz CT molecular complexity index is 205. The average molecular weight is 169 g/mol. The topological polar surface area (TPSA) is 29.5 Å². The Kier molecular flexibility index (Phi) is 1.83. The van der Waals surface area contributed by atoms with Crippen molar-refractivity contribution >= 4 is 5.91 Å². The first kappa shape index (κ1) is 8.05. The monoisotopic (exact) mass is 169 g/mol. The quantitative estimate of drug-likeness (QED) is 0.576. The lowest BCUT2D eigenvalue weighted by atomic mass is 9.82. The van der Waals surface area contributed by atoms with Crippen molar-refractivity contribution in [3.05, 3.63) is 0 Å². The molecule has 3 nitrogen and oxygen atoms in total. The number of likely N-dealkylation sites (tertiary alicyclic amines) is 1. The van der Waals surface area contributed by atoms with Crippen LogP contribution in [0.15, 0.2) is 0 Å². The molecule has 3 unspecified atom stereocenters. The molecular weight excluding hydrogens is 154 g/mol. The zero-order valence-electron chi connectivity index (χ0n) is 7.62. The number of amides is 1. The van der Waals surface area contributed by atoms with E-state index in [1.54, 1.807) is 0 Å². The fraction of sp³-hybridized carbons (Fsp3) is 0.889. The highest BCUT2D eigenvalue weighted by atomic mass is 16.5. The predicted molar refractivity (Wildman–Crippen MR) is 44.7 cm³/mol. The van der Waals surface area contributed by atoms with E-state index in [4.69, 9.17) is 4.74 Å². The highest BCUT2D eigenvalue weighted by Gasteiger charge is 2.45. The largest absolute Gasteiger partial charge is 0.377 e. The molecule has 3 atom stereocenters. The maximum atomic E-state index is 11.4. The third-order valence-corrected chi connectivity index (χ3v) is 3.16. The molecule has 0 radical (unpaired) electrons. The van der Waals surface area contributed by atoms with Crippen LogP contribution in [0.3, 0.4) is 0 Å². The molecule has 0 spiro atoms. The number of hydrogen-bond donors (Lipinski definition) is 0. The molecule has 2 rings (SSSR count). The van der Waals surface area contributed by atoms with E-state index in [2.05, 4.69) is 6.92 Å². The van der Waals surface area contributed by atoms with Gasteiger partial charge in [0, 0.05) is 19.0 Å². The number of carbonyl (C=O) groups excluding carboxylic acids is 1. The fourth-order valence-electron chi connectivity index (χ4n) is 2.28. The molecule has 2 aliphatic heterocycles. The van der Waals surface area contributed by atoms with Gasteiger partial charge in [0.15, 0.2) is 0 Å². The zero-order chi connectivity index (χ0) is 8.72. The second-order valence-corrected chi connectivity index (χ2v) is 3.72. The van der Waals surface area contributed by atoms with Crippen LogP contribution in [0.4, 0.5) is 0 Å². The maximum Gasteiger partial charge on any atom is 0.225 e. The van der Waals surface area contributed by atoms with Gasteiger partial charge in [-0.1, -0.05) is 6.92 Å². The molecule has 0 saturated carbocycles. The lowest BCUT2D eigenvalue weighted by Gasteiger charge is -2.49. The standard InChI is InChI=1S/C9H15NO2/c1-3-7-6-5-12-8(6)4-9(11)10(7)2/h6-8H,3-5H2,1-2H3. The van der Waals surface area contributed by atoms with Crippen LogP contribution in [0, 0.1) is 5.92 Å². The molecule has 0 aromatic carbocycles. The number of rotatable bonds is 1. The SMILES string of the molecule is CCC1C2COC2CC(=O)N1C. The van der Waals surface area contributed by atoms with Crippen LogP contribution in [0.25, 0.3) is 0 Å². The Hall–Kier alpha value is -0.570. The maximum absolute atomic E-state index is 11.4. The number of carbonyl (C=O) groups is 1. The minimum absolute atomic E-state index is 0.235. The van der Waals surface area contributed by atoms with Crippen molar-refractivity contribution in [3.8, 4) is 0 Å². The number of fused-ring (bicyclic) bond motifs is 1. The Morgan fingerprint density at radius 1 is 1.67 bits per heavy atom. The van der Waals surface area contributed by atoms with Gasteiger partial charge in [-0.15, -0.1) is 0 Å². The van der Waals surface area contributed by atoms with Gasteiger partial charge in [0.2, 0.25) is 5.91 Å². The van der Waals surface area contributed by atoms with E-state index < -0.39 is 0 Å². The molecule has 2 aliphatic rings.